The number of benzene rings is 1. The van der Waals surface area contributed by atoms with E-state index in [1.54, 1.807) is 0 Å². The fourth-order valence-electron chi connectivity index (χ4n) is 2.73. The van der Waals surface area contributed by atoms with Gasteiger partial charge >= 0.3 is 0 Å². The molecule has 0 amide bonds. The second-order valence-electron chi connectivity index (χ2n) is 6.52. The van der Waals surface area contributed by atoms with E-state index in [-0.39, 0.29) is 16.5 Å². The molecule has 7 heteroatoms. The van der Waals surface area contributed by atoms with Crippen molar-refractivity contribution in [3.63, 3.8) is 0 Å². The number of pyridine rings is 1. The summed E-state index contributed by atoms with van der Waals surface area (Å²) >= 11 is 12.2. The van der Waals surface area contributed by atoms with Gasteiger partial charge in [0.25, 0.3) is 0 Å². The molecule has 0 aliphatic rings. The summed E-state index contributed by atoms with van der Waals surface area (Å²) in [6, 6.07) is 12.7. The number of hydrogen-bond acceptors (Lipinski definition) is 4. The summed E-state index contributed by atoms with van der Waals surface area (Å²) in [4.78, 5) is 15.4. The molecule has 0 bridgehead atoms. The molecule has 0 radical (unpaired) electrons. The highest BCUT2D eigenvalue weighted by Gasteiger charge is 2.13. The van der Waals surface area contributed by atoms with Crippen LogP contribution in [0.15, 0.2) is 42.6 Å². The predicted octanol–water partition coefficient (Wildman–Crippen LogP) is 6.58. The molecule has 3 heterocycles. The van der Waals surface area contributed by atoms with Crippen molar-refractivity contribution in [1.82, 2.24) is 13.8 Å². The molecule has 4 rings (SSSR count). The summed E-state index contributed by atoms with van der Waals surface area (Å²) in [5.41, 5.74) is 7.23. The molecule has 0 N–H and O–H groups in total. The lowest BCUT2D eigenvalue weighted by atomic mass is 10.1. The zero-order chi connectivity index (χ0) is 20.4. The molecular formula is C21H19Cl2N3OS. The third-order valence-corrected chi connectivity index (χ3v) is 5.87. The molecule has 0 spiro atoms. The van der Waals surface area contributed by atoms with Crippen LogP contribution >= 0.6 is 34.7 Å². The van der Waals surface area contributed by atoms with E-state index in [0.717, 1.165) is 22.9 Å². The summed E-state index contributed by atoms with van der Waals surface area (Å²) in [5.74, 6) is -0.159. The Hall–Kier alpha value is -2.21. The number of ketones is 1. The zero-order valence-corrected chi connectivity index (χ0v) is 18.3. The summed E-state index contributed by atoms with van der Waals surface area (Å²) in [7, 11) is 0. The van der Waals surface area contributed by atoms with Gasteiger partial charge in [0.15, 0.2) is 5.78 Å². The van der Waals surface area contributed by atoms with Crippen molar-refractivity contribution < 1.29 is 4.79 Å². The largest absolute Gasteiger partial charge is 0.303 e. The maximum atomic E-state index is 10.7. The van der Waals surface area contributed by atoms with Gasteiger partial charge in [-0.1, -0.05) is 59.1 Å². The number of Topliss-reactive ketones (excluding diaryl/α,β-unsaturated/α-hetero) is 1. The lowest BCUT2D eigenvalue weighted by Gasteiger charge is -2.00. The van der Waals surface area contributed by atoms with E-state index in [1.807, 2.05) is 0 Å². The van der Waals surface area contributed by atoms with Crippen LogP contribution in [0.25, 0.3) is 16.9 Å². The van der Waals surface area contributed by atoms with E-state index in [9.17, 15) is 4.79 Å². The highest BCUT2D eigenvalue weighted by Crippen LogP contribution is 2.29. The molecule has 4 aromatic rings. The van der Waals surface area contributed by atoms with Crippen molar-refractivity contribution >= 4 is 46.2 Å². The van der Waals surface area contributed by atoms with Crippen molar-refractivity contribution in [2.45, 2.75) is 27.7 Å². The smallest absolute Gasteiger partial charge is 0.180 e. The van der Waals surface area contributed by atoms with Crippen LogP contribution in [-0.4, -0.2) is 19.5 Å². The first kappa shape index (κ1) is 20.5. The number of hydrogen-bond donors (Lipinski definition) is 0. The van der Waals surface area contributed by atoms with Gasteiger partial charge in [0.05, 0.1) is 5.69 Å². The lowest BCUT2D eigenvalue weighted by molar-refractivity contribution is 0.101. The standard InChI is InChI=1S/C16H16N2.C5H3Cl2NOS/c1-11-4-7-14(8-5-11)16-13(3)18-10-12(2)6-9-15(18)17-16;1-2(9)4-3(6)5(7)10-8-4/h4-10H,1-3H3;1H3. The van der Waals surface area contributed by atoms with E-state index in [0.29, 0.717) is 4.34 Å². The van der Waals surface area contributed by atoms with E-state index in [2.05, 4.69) is 72.1 Å². The monoisotopic (exact) mass is 431 g/mol. The van der Waals surface area contributed by atoms with Gasteiger partial charge < -0.3 is 4.40 Å². The van der Waals surface area contributed by atoms with Gasteiger partial charge in [0.2, 0.25) is 0 Å². The van der Waals surface area contributed by atoms with Crippen LogP contribution in [0, 0.1) is 20.8 Å². The second-order valence-corrected chi connectivity index (χ2v) is 8.27. The Morgan fingerprint density at radius 1 is 1.00 bits per heavy atom. The Labute approximate surface area is 177 Å². The van der Waals surface area contributed by atoms with Gasteiger partial charge in [-0.05, 0) is 43.9 Å². The number of carbonyl (C=O) groups is 1. The van der Waals surface area contributed by atoms with Crippen LogP contribution < -0.4 is 0 Å². The molecule has 0 saturated heterocycles. The lowest BCUT2D eigenvalue weighted by Crippen LogP contribution is -1.91. The van der Waals surface area contributed by atoms with Gasteiger partial charge in [0.1, 0.15) is 20.7 Å². The van der Waals surface area contributed by atoms with Crippen LogP contribution in [0.3, 0.4) is 0 Å². The third kappa shape index (κ3) is 4.27. The molecule has 0 aliphatic carbocycles. The van der Waals surface area contributed by atoms with Gasteiger partial charge in [-0.2, -0.15) is 4.37 Å². The van der Waals surface area contributed by atoms with Gasteiger partial charge in [-0.3, -0.25) is 4.79 Å². The number of imidazole rings is 1. The van der Waals surface area contributed by atoms with Crippen LogP contribution in [0.4, 0.5) is 0 Å². The Balaban J connectivity index is 0.000000192. The Morgan fingerprint density at radius 2 is 1.64 bits per heavy atom. The van der Waals surface area contributed by atoms with E-state index in [1.165, 1.54) is 29.3 Å². The van der Waals surface area contributed by atoms with E-state index >= 15 is 0 Å². The van der Waals surface area contributed by atoms with Gasteiger partial charge in [0, 0.05) is 24.4 Å². The van der Waals surface area contributed by atoms with Crippen molar-refractivity contribution in [3.05, 3.63) is 74.5 Å². The second kappa shape index (κ2) is 8.43. The van der Waals surface area contributed by atoms with Crippen LogP contribution in [-0.2, 0) is 0 Å². The maximum absolute atomic E-state index is 10.7. The summed E-state index contributed by atoms with van der Waals surface area (Å²) in [6.07, 6.45) is 2.13. The highest BCUT2D eigenvalue weighted by atomic mass is 35.5. The number of aryl methyl sites for hydroxylation is 3. The molecule has 4 nitrogen and oxygen atoms in total. The Bertz CT molecular complexity index is 1150. The van der Waals surface area contributed by atoms with Crippen LogP contribution in [0.1, 0.15) is 34.2 Å². The predicted molar refractivity (Wildman–Crippen MR) is 117 cm³/mol. The fourth-order valence-corrected chi connectivity index (χ4v) is 3.82. The summed E-state index contributed by atoms with van der Waals surface area (Å²) in [6.45, 7) is 7.72. The molecule has 0 saturated carbocycles. The first-order valence-corrected chi connectivity index (χ1v) is 10.1. The van der Waals surface area contributed by atoms with Crippen molar-refractivity contribution in [3.8, 4) is 11.3 Å². The molecule has 0 unspecified atom stereocenters. The molecule has 1 aromatic carbocycles. The molecule has 28 heavy (non-hydrogen) atoms. The SMILES string of the molecule is CC(=O)c1nsc(Cl)c1Cl.Cc1ccc(-c2nc3ccc(C)cn3c2C)cc1. The minimum atomic E-state index is -0.159. The third-order valence-electron chi connectivity index (χ3n) is 4.26. The molecule has 3 aromatic heterocycles. The molecule has 0 aliphatic heterocycles. The normalized spacial score (nSPS) is 10.6. The number of carbonyl (C=O) groups excluding carboxylic acids is 1. The van der Waals surface area contributed by atoms with E-state index in [4.69, 9.17) is 28.2 Å². The van der Waals surface area contributed by atoms with Crippen LogP contribution in [0.5, 0.6) is 0 Å². The Morgan fingerprint density at radius 3 is 2.18 bits per heavy atom. The number of halogens is 2. The first-order chi connectivity index (χ1) is 13.3. The number of aromatic nitrogens is 3. The van der Waals surface area contributed by atoms with Crippen molar-refractivity contribution in [2.24, 2.45) is 0 Å². The number of fused-ring (bicyclic) bond motifs is 1. The minimum Gasteiger partial charge on any atom is -0.303 e. The summed E-state index contributed by atoms with van der Waals surface area (Å²) in [5, 5.41) is 0.263. The maximum Gasteiger partial charge on any atom is 0.180 e. The van der Waals surface area contributed by atoms with Gasteiger partial charge in [-0.15, -0.1) is 0 Å². The quantitative estimate of drug-likeness (QED) is 0.336. The average Bonchev–Trinajstić information content (AvgIpc) is 3.17. The van der Waals surface area contributed by atoms with Gasteiger partial charge in [-0.25, -0.2) is 4.98 Å². The van der Waals surface area contributed by atoms with E-state index < -0.39 is 0 Å². The van der Waals surface area contributed by atoms with Crippen molar-refractivity contribution in [2.75, 3.05) is 0 Å². The molecular weight excluding hydrogens is 413 g/mol. The minimum absolute atomic E-state index is 0.159. The Kier molecular flexibility index (Phi) is 6.18. The number of nitrogens with zero attached hydrogens (tertiary/aromatic N) is 3. The first-order valence-electron chi connectivity index (χ1n) is 8.62. The molecule has 144 valence electrons. The average molecular weight is 432 g/mol. The topological polar surface area (TPSA) is 47.3 Å². The van der Waals surface area contributed by atoms with Crippen LogP contribution in [0.2, 0.25) is 9.36 Å². The number of rotatable bonds is 2. The molecule has 0 fully saturated rings. The highest BCUT2D eigenvalue weighted by molar-refractivity contribution is 7.11. The summed E-state index contributed by atoms with van der Waals surface area (Å²) < 4.78 is 6.27. The fraction of sp³-hybridized carbons (Fsp3) is 0.190. The molecule has 0 atom stereocenters. The van der Waals surface area contributed by atoms with Crippen molar-refractivity contribution in [1.29, 1.82) is 0 Å². The zero-order valence-electron chi connectivity index (χ0n) is 16.0.